The van der Waals surface area contributed by atoms with Gasteiger partial charge in [0.1, 0.15) is 18.0 Å². The van der Waals surface area contributed by atoms with Crippen molar-refractivity contribution in [1.29, 1.82) is 0 Å². The zero-order valence-electron chi connectivity index (χ0n) is 18.6. The van der Waals surface area contributed by atoms with Gasteiger partial charge < -0.3 is 29.6 Å². The second-order valence-corrected chi connectivity index (χ2v) is 8.50. The molecule has 1 aromatic heterocycles. The summed E-state index contributed by atoms with van der Waals surface area (Å²) in [6.45, 7) is 3.73. The third kappa shape index (κ3) is 4.58. The number of ether oxygens (including phenoxy) is 1. The van der Waals surface area contributed by atoms with Gasteiger partial charge in [0.25, 0.3) is 0 Å². The Morgan fingerprint density at radius 2 is 2.00 bits per heavy atom. The Labute approximate surface area is 192 Å². The molecule has 2 heterocycles. The predicted molar refractivity (Wildman–Crippen MR) is 120 cm³/mol. The number of hydrogen-bond donors (Lipinski definition) is 3. The zero-order chi connectivity index (χ0) is 23.5. The Kier molecular flexibility index (Phi) is 6.67. The number of nitrogens with zero attached hydrogens (tertiary/aromatic N) is 1. The fraction of sp³-hybridized carbons (Fsp3) is 0.360. The minimum absolute atomic E-state index is 0.0959. The Morgan fingerprint density at radius 1 is 1.21 bits per heavy atom. The molecule has 4 atom stereocenters. The number of rotatable bonds is 7. The zero-order valence-corrected chi connectivity index (χ0v) is 18.6. The molecule has 1 aliphatic heterocycles. The van der Waals surface area contributed by atoms with Gasteiger partial charge in [-0.05, 0) is 32.1 Å². The van der Waals surface area contributed by atoms with Crippen molar-refractivity contribution in [3.8, 4) is 5.75 Å². The monoisotopic (exact) mass is 452 g/mol. The van der Waals surface area contributed by atoms with Crippen LogP contribution in [0, 0.1) is 0 Å². The number of amides is 2. The van der Waals surface area contributed by atoms with Crippen LogP contribution in [0.25, 0.3) is 0 Å². The first-order chi connectivity index (χ1) is 15.9. The van der Waals surface area contributed by atoms with Crippen LogP contribution in [0.3, 0.4) is 0 Å². The van der Waals surface area contributed by atoms with Crippen LogP contribution in [0.5, 0.6) is 5.75 Å². The number of aliphatic hydroxyl groups excluding tert-OH is 2. The molecule has 1 aliphatic carbocycles. The van der Waals surface area contributed by atoms with Crippen LogP contribution in [0.1, 0.15) is 30.9 Å². The third-order valence-electron chi connectivity index (χ3n) is 5.87. The Bertz CT molecular complexity index is 1070. The molecule has 4 rings (SSSR count). The van der Waals surface area contributed by atoms with Crippen molar-refractivity contribution < 1.29 is 29.0 Å². The van der Waals surface area contributed by atoms with Crippen molar-refractivity contribution in [2.45, 2.75) is 44.6 Å². The van der Waals surface area contributed by atoms with Crippen molar-refractivity contribution in [3.05, 3.63) is 77.3 Å². The van der Waals surface area contributed by atoms with Crippen molar-refractivity contribution in [1.82, 2.24) is 10.2 Å². The molecule has 8 heteroatoms. The maximum absolute atomic E-state index is 13.2. The molecule has 1 aromatic carbocycles. The maximum Gasteiger partial charge on any atom is 0.247 e. The van der Waals surface area contributed by atoms with Gasteiger partial charge in [0.05, 0.1) is 31.1 Å². The molecule has 174 valence electrons. The highest BCUT2D eigenvalue weighted by molar-refractivity contribution is 5.96. The summed E-state index contributed by atoms with van der Waals surface area (Å²) in [6, 6.07) is 8.30. The summed E-state index contributed by atoms with van der Waals surface area (Å²) in [5, 5.41) is 23.3. The average Bonchev–Trinajstić information content (AvgIpc) is 3.44. The van der Waals surface area contributed by atoms with Crippen LogP contribution in [0.2, 0.25) is 0 Å². The summed E-state index contributed by atoms with van der Waals surface area (Å²) in [7, 11) is 0. The first-order valence-electron chi connectivity index (χ1n) is 10.9. The number of para-hydroxylation sites is 1. The smallest absolute Gasteiger partial charge is 0.247 e. The van der Waals surface area contributed by atoms with Crippen molar-refractivity contribution in [2.24, 2.45) is 0 Å². The summed E-state index contributed by atoms with van der Waals surface area (Å²) in [5.74, 6) is -0.541. The highest BCUT2D eigenvalue weighted by atomic mass is 16.5. The largest absolute Gasteiger partial charge is 0.486 e. The van der Waals surface area contributed by atoms with Gasteiger partial charge in [-0.25, -0.2) is 0 Å². The predicted octanol–water partition coefficient (Wildman–Crippen LogP) is 1.90. The molecule has 0 saturated heterocycles. The van der Waals surface area contributed by atoms with Crippen molar-refractivity contribution >= 4 is 11.8 Å². The summed E-state index contributed by atoms with van der Waals surface area (Å²) >= 11 is 0. The SMILES string of the molecule is CC(C)=CC(=O)N(Cc1ccoc1)[C@@H]1C=C(C(=O)NCCO)[C@@H]2c3ccccc3O[C@@H]2[C@H]1O. The number of furan rings is 1. The lowest BCUT2D eigenvalue weighted by Crippen LogP contribution is -2.55. The minimum Gasteiger partial charge on any atom is -0.486 e. The molecule has 2 aliphatic rings. The van der Waals surface area contributed by atoms with Gasteiger partial charge in [-0.3, -0.25) is 9.59 Å². The number of hydrogen-bond acceptors (Lipinski definition) is 6. The van der Waals surface area contributed by atoms with E-state index >= 15 is 0 Å². The lowest BCUT2D eigenvalue weighted by atomic mass is 9.77. The van der Waals surface area contributed by atoms with Crippen LogP contribution in [0.4, 0.5) is 0 Å². The first-order valence-corrected chi connectivity index (χ1v) is 10.9. The highest BCUT2D eigenvalue weighted by Crippen LogP contribution is 2.47. The minimum atomic E-state index is -1.07. The molecule has 2 amide bonds. The normalized spacial score (nSPS) is 23.0. The first kappa shape index (κ1) is 22.8. The van der Waals surface area contributed by atoms with Gasteiger partial charge in [-0.2, -0.15) is 0 Å². The van der Waals surface area contributed by atoms with E-state index in [0.29, 0.717) is 11.3 Å². The summed E-state index contributed by atoms with van der Waals surface area (Å²) in [5.41, 5.74) is 2.78. The number of allylic oxidation sites excluding steroid dienone is 1. The number of benzene rings is 1. The molecule has 0 fully saturated rings. The van der Waals surface area contributed by atoms with E-state index < -0.39 is 24.2 Å². The van der Waals surface area contributed by atoms with Crippen LogP contribution in [-0.4, -0.2) is 58.3 Å². The number of fused-ring (bicyclic) bond motifs is 3. The molecule has 0 bridgehead atoms. The van der Waals surface area contributed by atoms with E-state index in [9.17, 15) is 19.8 Å². The molecule has 33 heavy (non-hydrogen) atoms. The van der Waals surface area contributed by atoms with E-state index in [2.05, 4.69) is 5.32 Å². The fourth-order valence-electron chi connectivity index (χ4n) is 4.43. The van der Waals surface area contributed by atoms with Crippen molar-refractivity contribution in [2.75, 3.05) is 13.2 Å². The lowest BCUT2D eigenvalue weighted by molar-refractivity contribution is -0.133. The maximum atomic E-state index is 13.2. The molecule has 3 N–H and O–H groups in total. The Hall–Kier alpha value is -3.36. The summed E-state index contributed by atoms with van der Waals surface area (Å²) in [4.78, 5) is 27.8. The van der Waals surface area contributed by atoms with Gasteiger partial charge >= 0.3 is 0 Å². The van der Waals surface area contributed by atoms with Gasteiger partial charge in [0.15, 0.2) is 0 Å². The molecule has 2 aromatic rings. The summed E-state index contributed by atoms with van der Waals surface area (Å²) < 4.78 is 11.3. The lowest BCUT2D eigenvalue weighted by Gasteiger charge is -2.40. The topological polar surface area (TPSA) is 112 Å². The number of nitrogens with one attached hydrogen (secondary N) is 1. The number of aliphatic hydroxyl groups is 2. The van der Waals surface area contributed by atoms with Crippen molar-refractivity contribution in [3.63, 3.8) is 0 Å². The molecule has 0 unspecified atom stereocenters. The average molecular weight is 453 g/mol. The highest BCUT2D eigenvalue weighted by Gasteiger charge is 2.50. The standard InChI is InChI=1S/C25H28N2O6/c1-15(2)11-21(29)27(13-16-7-10-32-14-16)19-12-18(25(31)26-8-9-28)22-17-5-3-4-6-20(17)33-24(22)23(19)30/h3-7,10-12,14,19,22-24,28,30H,8-9,13H2,1-2H3,(H,26,31)/t19-,22+,23+,24+/m1/s1. The fourth-order valence-corrected chi connectivity index (χ4v) is 4.43. The second-order valence-electron chi connectivity index (χ2n) is 8.50. The van der Waals surface area contributed by atoms with Gasteiger partial charge in [-0.15, -0.1) is 0 Å². The second kappa shape index (κ2) is 9.64. The van der Waals surface area contributed by atoms with E-state index in [1.807, 2.05) is 32.0 Å². The van der Waals surface area contributed by atoms with Gasteiger partial charge in [0, 0.05) is 35.9 Å². The molecule has 0 saturated carbocycles. The molecule has 8 nitrogen and oxygen atoms in total. The summed E-state index contributed by atoms with van der Waals surface area (Å²) in [6.07, 6.45) is 4.41. The van der Waals surface area contributed by atoms with Gasteiger partial charge in [-0.1, -0.05) is 23.8 Å². The van der Waals surface area contributed by atoms with Crippen LogP contribution in [-0.2, 0) is 16.1 Å². The number of carbonyl (C=O) groups excluding carboxylic acids is 2. The third-order valence-corrected chi connectivity index (χ3v) is 5.87. The van der Waals surface area contributed by atoms with Gasteiger partial charge in [0.2, 0.25) is 11.8 Å². The van der Waals surface area contributed by atoms with E-state index in [0.717, 1.165) is 16.7 Å². The van der Waals surface area contributed by atoms with E-state index in [4.69, 9.17) is 9.15 Å². The molecule has 0 radical (unpaired) electrons. The van der Waals surface area contributed by atoms with E-state index in [-0.39, 0.29) is 31.5 Å². The molecular formula is C25H28N2O6. The molecule has 0 spiro atoms. The Morgan fingerprint density at radius 3 is 2.70 bits per heavy atom. The Balaban J connectivity index is 1.77. The van der Waals surface area contributed by atoms with Crippen LogP contribution in [0.15, 0.2) is 70.6 Å². The van der Waals surface area contributed by atoms with E-state index in [1.54, 1.807) is 24.5 Å². The quantitative estimate of drug-likeness (QED) is 0.553. The molecular weight excluding hydrogens is 424 g/mol. The van der Waals surface area contributed by atoms with Crippen LogP contribution >= 0.6 is 0 Å². The van der Waals surface area contributed by atoms with E-state index in [1.165, 1.54) is 17.2 Å². The van der Waals surface area contributed by atoms with Crippen LogP contribution < -0.4 is 10.1 Å². The number of carbonyl (C=O) groups is 2.